The first kappa shape index (κ1) is 14.2. The molecular formula is C14H14N4OS. The molecule has 6 heteroatoms. The second-order valence-electron chi connectivity index (χ2n) is 4.19. The van der Waals surface area contributed by atoms with E-state index in [1.807, 2.05) is 6.07 Å². The van der Waals surface area contributed by atoms with Crippen molar-refractivity contribution in [2.24, 2.45) is 5.73 Å². The van der Waals surface area contributed by atoms with Gasteiger partial charge in [-0.3, -0.25) is 4.79 Å². The first-order chi connectivity index (χ1) is 9.65. The highest BCUT2D eigenvalue weighted by Crippen LogP contribution is 2.18. The lowest BCUT2D eigenvalue weighted by atomic mass is 10.2. The van der Waals surface area contributed by atoms with Crippen LogP contribution < -0.4 is 10.6 Å². The topological polar surface area (TPSA) is 83.0 Å². The van der Waals surface area contributed by atoms with E-state index < -0.39 is 0 Å². The van der Waals surface area contributed by atoms with Crippen molar-refractivity contribution in [1.29, 1.82) is 5.26 Å². The fraction of sp³-hybridized carbons (Fsp3) is 0.214. The quantitative estimate of drug-likeness (QED) is 0.928. The Balaban J connectivity index is 2.16. The summed E-state index contributed by atoms with van der Waals surface area (Å²) in [7, 11) is 1.69. The van der Waals surface area contributed by atoms with E-state index in [1.165, 1.54) is 16.2 Å². The van der Waals surface area contributed by atoms with Gasteiger partial charge in [-0.2, -0.15) is 5.26 Å². The van der Waals surface area contributed by atoms with Crippen molar-refractivity contribution in [1.82, 2.24) is 4.98 Å². The number of thiazole rings is 1. The number of carbonyl (C=O) groups is 1. The van der Waals surface area contributed by atoms with Crippen LogP contribution in [0.3, 0.4) is 0 Å². The minimum atomic E-state index is -0.172. The second kappa shape index (κ2) is 6.28. The summed E-state index contributed by atoms with van der Waals surface area (Å²) >= 11 is 1.44. The Morgan fingerprint density at radius 3 is 2.75 bits per heavy atom. The minimum Gasteiger partial charge on any atom is -0.330 e. The molecule has 1 amide bonds. The SMILES string of the molecule is CN(C(=O)c1csc(CCN)n1)c1ccc(C#N)cc1. The van der Waals surface area contributed by atoms with Gasteiger partial charge in [-0.25, -0.2) is 4.98 Å². The fourth-order valence-corrected chi connectivity index (χ4v) is 2.48. The molecular weight excluding hydrogens is 272 g/mol. The molecule has 0 bridgehead atoms. The van der Waals surface area contributed by atoms with Crippen molar-refractivity contribution < 1.29 is 4.79 Å². The normalized spacial score (nSPS) is 10.1. The largest absolute Gasteiger partial charge is 0.330 e. The zero-order chi connectivity index (χ0) is 14.5. The van der Waals surface area contributed by atoms with E-state index in [2.05, 4.69) is 4.98 Å². The molecule has 1 heterocycles. The Bertz CT molecular complexity index is 642. The Morgan fingerprint density at radius 2 is 2.15 bits per heavy atom. The highest BCUT2D eigenvalue weighted by molar-refractivity contribution is 7.09. The molecule has 1 aromatic carbocycles. The molecule has 0 fully saturated rings. The molecule has 0 radical (unpaired) electrons. The summed E-state index contributed by atoms with van der Waals surface area (Å²) in [5.41, 5.74) is 7.18. The molecule has 0 saturated heterocycles. The molecule has 0 aliphatic heterocycles. The Kier molecular flexibility index (Phi) is 4.45. The maximum atomic E-state index is 12.3. The number of anilines is 1. The smallest absolute Gasteiger partial charge is 0.277 e. The van der Waals surface area contributed by atoms with Crippen LogP contribution in [-0.4, -0.2) is 24.5 Å². The van der Waals surface area contributed by atoms with Gasteiger partial charge in [-0.15, -0.1) is 11.3 Å². The predicted octanol–water partition coefficient (Wildman–Crippen LogP) is 1.79. The summed E-state index contributed by atoms with van der Waals surface area (Å²) in [5, 5.41) is 11.4. The molecule has 2 rings (SSSR count). The van der Waals surface area contributed by atoms with E-state index in [0.29, 0.717) is 24.2 Å². The number of nitriles is 1. The van der Waals surface area contributed by atoms with Gasteiger partial charge >= 0.3 is 0 Å². The zero-order valence-electron chi connectivity index (χ0n) is 11.0. The van der Waals surface area contributed by atoms with Crippen molar-refractivity contribution >= 4 is 22.9 Å². The molecule has 0 unspecified atom stereocenters. The lowest BCUT2D eigenvalue weighted by Crippen LogP contribution is -2.26. The maximum absolute atomic E-state index is 12.3. The Morgan fingerprint density at radius 1 is 1.45 bits per heavy atom. The van der Waals surface area contributed by atoms with Crippen molar-refractivity contribution in [3.8, 4) is 6.07 Å². The number of benzene rings is 1. The molecule has 102 valence electrons. The van der Waals surface area contributed by atoms with Crippen LogP contribution in [0.5, 0.6) is 0 Å². The first-order valence-corrected chi connectivity index (χ1v) is 6.96. The van der Waals surface area contributed by atoms with E-state index in [-0.39, 0.29) is 5.91 Å². The second-order valence-corrected chi connectivity index (χ2v) is 5.13. The third kappa shape index (κ3) is 3.02. The minimum absolute atomic E-state index is 0.172. The molecule has 0 atom stereocenters. The monoisotopic (exact) mass is 286 g/mol. The van der Waals surface area contributed by atoms with Gasteiger partial charge < -0.3 is 10.6 Å². The van der Waals surface area contributed by atoms with Gasteiger partial charge in [0.15, 0.2) is 0 Å². The lowest BCUT2D eigenvalue weighted by molar-refractivity contribution is 0.0989. The van der Waals surface area contributed by atoms with Crippen molar-refractivity contribution in [3.05, 3.63) is 45.9 Å². The van der Waals surface area contributed by atoms with E-state index in [1.54, 1.807) is 36.7 Å². The molecule has 0 aliphatic rings. The summed E-state index contributed by atoms with van der Waals surface area (Å²) in [5.74, 6) is -0.172. The number of aromatic nitrogens is 1. The molecule has 2 N–H and O–H groups in total. The van der Waals surface area contributed by atoms with Crippen LogP contribution in [0, 0.1) is 11.3 Å². The fourth-order valence-electron chi connectivity index (χ4n) is 1.70. The van der Waals surface area contributed by atoms with Crippen LogP contribution in [0.25, 0.3) is 0 Å². The van der Waals surface area contributed by atoms with Crippen molar-refractivity contribution in [3.63, 3.8) is 0 Å². The van der Waals surface area contributed by atoms with Gasteiger partial charge in [0.25, 0.3) is 5.91 Å². The van der Waals surface area contributed by atoms with E-state index in [0.717, 1.165) is 10.7 Å². The summed E-state index contributed by atoms with van der Waals surface area (Å²) in [6, 6.07) is 8.89. The van der Waals surface area contributed by atoms with Gasteiger partial charge in [0.05, 0.1) is 16.6 Å². The third-order valence-electron chi connectivity index (χ3n) is 2.82. The van der Waals surface area contributed by atoms with E-state index in [9.17, 15) is 4.79 Å². The van der Waals surface area contributed by atoms with Gasteiger partial charge in [0.1, 0.15) is 5.69 Å². The van der Waals surface area contributed by atoms with Crippen LogP contribution in [0.2, 0.25) is 0 Å². The van der Waals surface area contributed by atoms with Gasteiger partial charge in [0, 0.05) is 24.5 Å². The van der Waals surface area contributed by atoms with Gasteiger partial charge in [0.2, 0.25) is 0 Å². The van der Waals surface area contributed by atoms with E-state index in [4.69, 9.17) is 11.0 Å². The molecule has 1 aromatic heterocycles. The number of carbonyl (C=O) groups excluding carboxylic acids is 1. The summed E-state index contributed by atoms with van der Waals surface area (Å²) in [6.45, 7) is 0.520. The van der Waals surface area contributed by atoms with Crippen LogP contribution >= 0.6 is 11.3 Å². The zero-order valence-corrected chi connectivity index (χ0v) is 11.9. The summed E-state index contributed by atoms with van der Waals surface area (Å²) in [6.07, 6.45) is 0.679. The predicted molar refractivity (Wildman–Crippen MR) is 78.8 cm³/mol. The Hall–Kier alpha value is -2.23. The van der Waals surface area contributed by atoms with Crippen LogP contribution in [-0.2, 0) is 6.42 Å². The number of nitrogens with zero attached hydrogens (tertiary/aromatic N) is 3. The van der Waals surface area contributed by atoms with Crippen LogP contribution in [0.1, 0.15) is 21.1 Å². The number of hydrogen-bond acceptors (Lipinski definition) is 5. The maximum Gasteiger partial charge on any atom is 0.277 e. The molecule has 0 aliphatic carbocycles. The van der Waals surface area contributed by atoms with Gasteiger partial charge in [-0.1, -0.05) is 0 Å². The molecule has 2 aromatic rings. The highest BCUT2D eigenvalue weighted by Gasteiger charge is 2.16. The molecule has 0 saturated carbocycles. The standard InChI is InChI=1S/C14H14N4OS/c1-18(11-4-2-10(8-16)3-5-11)14(19)12-9-20-13(17-12)6-7-15/h2-5,9H,6-7,15H2,1H3. The van der Waals surface area contributed by atoms with E-state index >= 15 is 0 Å². The van der Waals surface area contributed by atoms with Crippen LogP contribution in [0.15, 0.2) is 29.6 Å². The van der Waals surface area contributed by atoms with Crippen molar-refractivity contribution in [2.45, 2.75) is 6.42 Å². The average Bonchev–Trinajstić information content (AvgIpc) is 2.95. The average molecular weight is 286 g/mol. The first-order valence-electron chi connectivity index (χ1n) is 6.08. The molecule has 20 heavy (non-hydrogen) atoms. The lowest BCUT2D eigenvalue weighted by Gasteiger charge is -2.15. The number of nitrogens with two attached hydrogens (primary N) is 1. The number of rotatable bonds is 4. The summed E-state index contributed by atoms with van der Waals surface area (Å²) < 4.78 is 0. The van der Waals surface area contributed by atoms with Crippen LogP contribution in [0.4, 0.5) is 5.69 Å². The number of amides is 1. The third-order valence-corrected chi connectivity index (χ3v) is 3.73. The van der Waals surface area contributed by atoms with Gasteiger partial charge in [-0.05, 0) is 30.8 Å². The highest BCUT2D eigenvalue weighted by atomic mass is 32.1. The molecule has 0 spiro atoms. The summed E-state index contributed by atoms with van der Waals surface area (Å²) in [4.78, 5) is 18.1. The number of hydrogen-bond donors (Lipinski definition) is 1. The van der Waals surface area contributed by atoms with Crippen molar-refractivity contribution in [2.75, 3.05) is 18.5 Å². The Labute approximate surface area is 121 Å². The molecule has 5 nitrogen and oxygen atoms in total.